The van der Waals surface area contributed by atoms with Gasteiger partial charge in [-0.05, 0) is 82.1 Å². The van der Waals surface area contributed by atoms with Gasteiger partial charge in [-0.25, -0.2) is 0 Å². The molecule has 0 radical (unpaired) electrons. The Balaban J connectivity index is 1.82. The topological polar surface area (TPSA) is 107 Å². The first kappa shape index (κ1) is 25.9. The second-order valence-corrected chi connectivity index (χ2v) is 9.73. The third-order valence-electron chi connectivity index (χ3n) is 6.47. The van der Waals surface area contributed by atoms with Gasteiger partial charge >= 0.3 is 5.97 Å². The summed E-state index contributed by atoms with van der Waals surface area (Å²) in [5, 5.41) is 41.0. The maximum Gasteiger partial charge on any atom is 0.303 e. The Kier molecular flexibility index (Phi) is 10.1. The molecule has 6 nitrogen and oxygen atoms in total. The number of hydrogen-bond donors (Lipinski definition) is 4. The van der Waals surface area contributed by atoms with Crippen molar-refractivity contribution in [3.05, 3.63) is 29.3 Å². The summed E-state index contributed by atoms with van der Waals surface area (Å²) in [7, 11) is 0. The van der Waals surface area contributed by atoms with Crippen LogP contribution in [0.25, 0.3) is 0 Å². The van der Waals surface area contributed by atoms with Crippen LogP contribution in [0.4, 0.5) is 0 Å². The van der Waals surface area contributed by atoms with E-state index in [0.29, 0.717) is 36.5 Å². The molecule has 0 bridgehead atoms. The summed E-state index contributed by atoms with van der Waals surface area (Å²) >= 11 is 5.91. The molecule has 7 heteroatoms. The van der Waals surface area contributed by atoms with Gasteiger partial charge in [0.15, 0.2) is 0 Å². The molecule has 1 aromatic carbocycles. The fourth-order valence-corrected chi connectivity index (χ4v) is 4.69. The molecule has 5 atom stereocenters. The number of benzene rings is 1. The van der Waals surface area contributed by atoms with Crippen LogP contribution in [0.1, 0.15) is 71.6 Å². The van der Waals surface area contributed by atoms with Crippen molar-refractivity contribution in [2.24, 2.45) is 11.8 Å². The minimum absolute atomic E-state index is 0.00182. The molecule has 0 amide bonds. The highest BCUT2D eigenvalue weighted by atomic mass is 35.5. The molecule has 1 fully saturated rings. The zero-order valence-corrected chi connectivity index (χ0v) is 19.3. The quantitative estimate of drug-likeness (QED) is 0.327. The van der Waals surface area contributed by atoms with E-state index < -0.39 is 29.9 Å². The van der Waals surface area contributed by atoms with Crippen molar-refractivity contribution in [3.8, 4) is 5.75 Å². The molecular formula is C24H37ClO6. The first-order valence-electron chi connectivity index (χ1n) is 11.3. The Labute approximate surface area is 190 Å². The van der Waals surface area contributed by atoms with Crippen LogP contribution in [0.3, 0.4) is 0 Å². The van der Waals surface area contributed by atoms with E-state index in [4.69, 9.17) is 21.4 Å². The van der Waals surface area contributed by atoms with Crippen LogP contribution in [0.15, 0.2) is 24.3 Å². The number of carbonyl (C=O) groups is 1. The number of rotatable bonds is 13. The lowest BCUT2D eigenvalue weighted by Crippen LogP contribution is -2.42. The molecule has 0 spiro atoms. The molecular weight excluding hydrogens is 420 g/mol. The summed E-state index contributed by atoms with van der Waals surface area (Å²) in [6.45, 7) is 3.67. The van der Waals surface area contributed by atoms with Gasteiger partial charge in [0.05, 0.1) is 18.3 Å². The molecule has 4 N–H and O–H groups in total. The smallest absolute Gasteiger partial charge is 0.303 e. The second kappa shape index (κ2) is 12.0. The summed E-state index contributed by atoms with van der Waals surface area (Å²) in [4.78, 5) is 10.6. The first-order chi connectivity index (χ1) is 14.6. The van der Waals surface area contributed by atoms with Gasteiger partial charge < -0.3 is 25.2 Å². The van der Waals surface area contributed by atoms with Gasteiger partial charge in [0.1, 0.15) is 11.4 Å². The molecule has 0 aliphatic heterocycles. The van der Waals surface area contributed by atoms with Gasteiger partial charge in [-0.15, -0.1) is 0 Å². The van der Waals surface area contributed by atoms with Crippen LogP contribution in [0.5, 0.6) is 5.75 Å². The second-order valence-electron chi connectivity index (χ2n) is 9.30. The van der Waals surface area contributed by atoms with Crippen molar-refractivity contribution in [1.82, 2.24) is 0 Å². The lowest BCUT2D eigenvalue weighted by atomic mass is 9.83. The van der Waals surface area contributed by atoms with Crippen LogP contribution < -0.4 is 4.74 Å². The standard InChI is InChI=1S/C24H37ClO6/c1-24(2,31-17-11-9-16(25)10-12-17)22(28)14-13-19-18(20(26)15-21(19)27)7-5-3-4-6-8-23(29)30/h9-12,18-22,26-28H,3-8,13-15H2,1-2H3,(H,29,30)/t18-,19-,20+,21-,22?/m1/s1. The predicted octanol–water partition coefficient (Wildman–Crippen LogP) is 4.42. The van der Waals surface area contributed by atoms with Crippen LogP contribution >= 0.6 is 11.6 Å². The molecule has 1 aromatic rings. The SMILES string of the molecule is CC(C)(Oc1ccc(Cl)cc1)C(O)CC[C@@H]1[C@@H](CCCCCCC(=O)O)[C@@H](O)C[C@H]1O. The highest BCUT2D eigenvalue weighted by Crippen LogP contribution is 2.40. The molecule has 31 heavy (non-hydrogen) atoms. The van der Waals surface area contributed by atoms with Gasteiger partial charge in [-0.1, -0.05) is 30.9 Å². The monoisotopic (exact) mass is 456 g/mol. The van der Waals surface area contributed by atoms with Crippen LogP contribution in [0.2, 0.25) is 5.02 Å². The zero-order valence-electron chi connectivity index (χ0n) is 18.5. The summed E-state index contributed by atoms with van der Waals surface area (Å²) in [5.74, 6) is -0.196. The third-order valence-corrected chi connectivity index (χ3v) is 6.72. The summed E-state index contributed by atoms with van der Waals surface area (Å²) in [6.07, 6.45) is 3.95. The maximum absolute atomic E-state index is 10.8. The Morgan fingerprint density at radius 3 is 2.26 bits per heavy atom. The lowest BCUT2D eigenvalue weighted by molar-refractivity contribution is -0.137. The van der Waals surface area contributed by atoms with Crippen molar-refractivity contribution in [2.75, 3.05) is 0 Å². The van der Waals surface area contributed by atoms with E-state index in [9.17, 15) is 20.1 Å². The van der Waals surface area contributed by atoms with Crippen molar-refractivity contribution >= 4 is 17.6 Å². The first-order valence-corrected chi connectivity index (χ1v) is 11.7. The van der Waals surface area contributed by atoms with E-state index in [1.54, 1.807) is 24.3 Å². The van der Waals surface area contributed by atoms with Crippen molar-refractivity contribution in [1.29, 1.82) is 0 Å². The maximum atomic E-state index is 10.8. The molecule has 1 aliphatic rings. The van der Waals surface area contributed by atoms with Crippen molar-refractivity contribution in [3.63, 3.8) is 0 Å². The van der Waals surface area contributed by atoms with E-state index in [1.165, 1.54) is 0 Å². The molecule has 0 heterocycles. The van der Waals surface area contributed by atoms with Crippen molar-refractivity contribution < 1.29 is 30.0 Å². The van der Waals surface area contributed by atoms with E-state index in [2.05, 4.69) is 0 Å². The van der Waals surface area contributed by atoms with Gasteiger partial charge in [0, 0.05) is 11.4 Å². The van der Waals surface area contributed by atoms with E-state index in [-0.39, 0.29) is 18.3 Å². The summed E-state index contributed by atoms with van der Waals surface area (Å²) in [5.41, 5.74) is -0.810. The molecule has 0 saturated heterocycles. The summed E-state index contributed by atoms with van der Waals surface area (Å²) in [6, 6.07) is 7.00. The van der Waals surface area contributed by atoms with Gasteiger partial charge in [-0.3, -0.25) is 4.79 Å². The van der Waals surface area contributed by atoms with E-state index >= 15 is 0 Å². The molecule has 176 valence electrons. The third kappa shape index (κ3) is 8.26. The van der Waals surface area contributed by atoms with Crippen LogP contribution in [-0.4, -0.2) is 50.3 Å². The normalized spacial score (nSPS) is 24.8. The summed E-state index contributed by atoms with van der Waals surface area (Å²) < 4.78 is 5.97. The number of hydrogen-bond acceptors (Lipinski definition) is 5. The molecule has 2 rings (SSSR count). The molecule has 1 saturated carbocycles. The van der Waals surface area contributed by atoms with Crippen LogP contribution in [-0.2, 0) is 4.79 Å². The number of halogens is 1. The Bertz CT molecular complexity index is 677. The molecule has 1 unspecified atom stereocenters. The van der Waals surface area contributed by atoms with Crippen molar-refractivity contribution in [2.45, 2.75) is 95.5 Å². The Hall–Kier alpha value is -1.34. The molecule has 0 aromatic heterocycles. The Morgan fingerprint density at radius 2 is 1.65 bits per heavy atom. The molecule has 1 aliphatic carbocycles. The van der Waals surface area contributed by atoms with Crippen LogP contribution in [0, 0.1) is 11.8 Å². The average Bonchev–Trinajstić information content (AvgIpc) is 2.96. The number of aliphatic carboxylic acids is 1. The largest absolute Gasteiger partial charge is 0.485 e. The average molecular weight is 457 g/mol. The van der Waals surface area contributed by atoms with E-state index in [1.807, 2.05) is 13.8 Å². The predicted molar refractivity (Wildman–Crippen MR) is 120 cm³/mol. The minimum atomic E-state index is -0.810. The lowest BCUT2D eigenvalue weighted by Gasteiger charge is -2.33. The highest BCUT2D eigenvalue weighted by Gasteiger charge is 2.42. The van der Waals surface area contributed by atoms with E-state index in [0.717, 1.165) is 25.7 Å². The highest BCUT2D eigenvalue weighted by molar-refractivity contribution is 6.30. The number of aliphatic hydroxyl groups excluding tert-OH is 3. The zero-order chi connectivity index (χ0) is 23.0. The van der Waals surface area contributed by atoms with Gasteiger partial charge in [-0.2, -0.15) is 0 Å². The van der Waals surface area contributed by atoms with Gasteiger partial charge in [0.2, 0.25) is 0 Å². The minimum Gasteiger partial charge on any atom is -0.485 e. The Morgan fingerprint density at radius 1 is 1.06 bits per heavy atom. The number of carboxylic acid groups (broad SMARTS) is 1. The fourth-order valence-electron chi connectivity index (χ4n) is 4.56. The fraction of sp³-hybridized carbons (Fsp3) is 0.708. The van der Waals surface area contributed by atoms with Gasteiger partial charge in [0.25, 0.3) is 0 Å². The number of aliphatic hydroxyl groups is 3. The number of ether oxygens (including phenoxy) is 1. The number of unbranched alkanes of at least 4 members (excludes halogenated alkanes) is 3. The number of carboxylic acids is 1.